The van der Waals surface area contributed by atoms with Gasteiger partial charge in [0.05, 0.1) is 15.5 Å². The summed E-state index contributed by atoms with van der Waals surface area (Å²) in [7, 11) is 0. The molecule has 1 aromatic heterocycles. The van der Waals surface area contributed by atoms with Gasteiger partial charge in [-0.2, -0.15) is 0 Å². The zero-order valence-electron chi connectivity index (χ0n) is 17.0. The van der Waals surface area contributed by atoms with E-state index in [-0.39, 0.29) is 17.1 Å². The Kier molecular flexibility index (Phi) is 8.19. The van der Waals surface area contributed by atoms with Crippen molar-refractivity contribution in [3.05, 3.63) is 98.7 Å². The molecular weight excluding hydrogens is 448 g/mol. The summed E-state index contributed by atoms with van der Waals surface area (Å²) in [5.41, 5.74) is 2.15. The number of carbonyl (C=O) groups excluding carboxylic acids is 2. The predicted octanol–water partition coefficient (Wildman–Crippen LogP) is 4.27. The fourth-order valence-corrected chi connectivity index (χ4v) is 3.80. The van der Waals surface area contributed by atoms with E-state index in [1.54, 1.807) is 35.7 Å². The average molecular weight is 469 g/mol. The minimum Gasteiger partial charge on any atom is -0.480 e. The van der Waals surface area contributed by atoms with Gasteiger partial charge in [-0.05, 0) is 41.1 Å². The molecule has 1 atom stereocenters. The van der Waals surface area contributed by atoms with E-state index in [1.165, 1.54) is 16.9 Å². The van der Waals surface area contributed by atoms with E-state index in [4.69, 9.17) is 11.6 Å². The molecule has 2 aromatic carbocycles. The van der Waals surface area contributed by atoms with Gasteiger partial charge in [0.15, 0.2) is 0 Å². The van der Waals surface area contributed by atoms with Crippen molar-refractivity contribution in [2.45, 2.75) is 12.5 Å². The highest BCUT2D eigenvalue weighted by Crippen LogP contribution is 2.19. The van der Waals surface area contributed by atoms with Crippen molar-refractivity contribution in [2.75, 3.05) is 6.54 Å². The molecule has 2 amide bonds. The van der Waals surface area contributed by atoms with Gasteiger partial charge in [0, 0.05) is 6.54 Å². The standard InChI is InChI=1S/C24H21ClN2O4S/c25-19-14-17(9-4-8-16-6-2-1-3-7-16)11-12-18(19)22(28)27-20(24(30)31)15-26-23(29)21-10-5-13-32-21/h1-7,9-14,20H,8,15H2,(H,26,29)(H,27,28)(H,30,31)/t20-/m0/s1. The van der Waals surface area contributed by atoms with E-state index in [0.717, 1.165) is 12.0 Å². The molecule has 0 saturated carbocycles. The van der Waals surface area contributed by atoms with Gasteiger partial charge in [-0.15, -0.1) is 11.3 Å². The molecule has 0 saturated heterocycles. The number of carbonyl (C=O) groups is 3. The van der Waals surface area contributed by atoms with E-state index in [9.17, 15) is 19.5 Å². The number of carboxylic acid groups (broad SMARTS) is 1. The number of carboxylic acids is 1. The molecule has 0 fully saturated rings. The summed E-state index contributed by atoms with van der Waals surface area (Å²) in [4.78, 5) is 36.6. The van der Waals surface area contributed by atoms with Crippen molar-refractivity contribution < 1.29 is 19.5 Å². The molecule has 8 heteroatoms. The third kappa shape index (κ3) is 6.54. The monoisotopic (exact) mass is 468 g/mol. The van der Waals surface area contributed by atoms with Crippen LogP contribution in [0.15, 0.2) is 72.1 Å². The number of halogens is 1. The molecule has 3 rings (SSSR count). The number of amides is 2. The lowest BCUT2D eigenvalue weighted by Gasteiger charge is -2.16. The summed E-state index contributed by atoms with van der Waals surface area (Å²) < 4.78 is 0. The van der Waals surface area contributed by atoms with E-state index >= 15 is 0 Å². The Labute approximate surface area is 194 Å². The van der Waals surface area contributed by atoms with Crippen molar-refractivity contribution in [3.63, 3.8) is 0 Å². The van der Waals surface area contributed by atoms with Crippen LogP contribution in [0.5, 0.6) is 0 Å². The van der Waals surface area contributed by atoms with Crippen LogP contribution in [0.2, 0.25) is 5.02 Å². The number of aliphatic carboxylic acids is 1. The summed E-state index contributed by atoms with van der Waals surface area (Å²) in [6.07, 6.45) is 4.66. The third-order valence-electron chi connectivity index (χ3n) is 4.56. The molecule has 3 N–H and O–H groups in total. The number of allylic oxidation sites excluding steroid dienone is 1. The maximum Gasteiger partial charge on any atom is 0.328 e. The van der Waals surface area contributed by atoms with Crippen LogP contribution in [0.4, 0.5) is 0 Å². The molecule has 32 heavy (non-hydrogen) atoms. The Hall–Kier alpha value is -3.42. The molecule has 0 aliphatic carbocycles. The van der Waals surface area contributed by atoms with E-state index in [2.05, 4.69) is 10.6 Å². The first-order valence-corrected chi connectivity index (χ1v) is 11.0. The van der Waals surface area contributed by atoms with Gasteiger partial charge in [0.25, 0.3) is 11.8 Å². The number of benzene rings is 2. The highest BCUT2D eigenvalue weighted by molar-refractivity contribution is 7.12. The van der Waals surface area contributed by atoms with Gasteiger partial charge in [-0.3, -0.25) is 9.59 Å². The SMILES string of the molecule is O=C(NC[C@H](NC(=O)c1ccc(C=CCc2ccccc2)cc1Cl)C(=O)O)c1cccs1. The molecule has 0 aliphatic rings. The summed E-state index contributed by atoms with van der Waals surface area (Å²) in [5.74, 6) is -2.29. The van der Waals surface area contributed by atoms with E-state index < -0.39 is 23.8 Å². The lowest BCUT2D eigenvalue weighted by molar-refractivity contribution is -0.139. The lowest BCUT2D eigenvalue weighted by Crippen LogP contribution is -2.48. The highest BCUT2D eigenvalue weighted by atomic mass is 35.5. The number of hydrogen-bond donors (Lipinski definition) is 3. The molecule has 6 nitrogen and oxygen atoms in total. The highest BCUT2D eigenvalue weighted by Gasteiger charge is 2.23. The maximum absolute atomic E-state index is 12.6. The Balaban J connectivity index is 1.60. The van der Waals surface area contributed by atoms with Gasteiger partial charge in [0.1, 0.15) is 6.04 Å². The van der Waals surface area contributed by atoms with Crippen molar-refractivity contribution in [3.8, 4) is 0 Å². The fraction of sp³-hybridized carbons (Fsp3) is 0.125. The van der Waals surface area contributed by atoms with Crippen LogP contribution in [0.25, 0.3) is 6.08 Å². The number of thiophene rings is 1. The predicted molar refractivity (Wildman–Crippen MR) is 126 cm³/mol. The van der Waals surface area contributed by atoms with Crippen molar-refractivity contribution >= 4 is 46.8 Å². The average Bonchev–Trinajstić information content (AvgIpc) is 3.32. The second-order valence-corrected chi connectivity index (χ2v) is 8.24. The molecule has 0 bridgehead atoms. The molecular formula is C24H21ClN2O4S. The van der Waals surface area contributed by atoms with Crippen LogP contribution in [0.3, 0.4) is 0 Å². The van der Waals surface area contributed by atoms with Crippen LogP contribution < -0.4 is 10.6 Å². The summed E-state index contributed by atoms with van der Waals surface area (Å²) >= 11 is 7.51. The number of rotatable bonds is 9. The topological polar surface area (TPSA) is 95.5 Å². The van der Waals surface area contributed by atoms with Gasteiger partial charge in [-0.1, -0.05) is 66.2 Å². The van der Waals surface area contributed by atoms with E-state index in [1.807, 2.05) is 42.5 Å². The third-order valence-corrected chi connectivity index (χ3v) is 5.74. The van der Waals surface area contributed by atoms with Crippen LogP contribution in [0.1, 0.15) is 31.2 Å². The zero-order chi connectivity index (χ0) is 22.9. The Bertz CT molecular complexity index is 1110. The zero-order valence-corrected chi connectivity index (χ0v) is 18.5. The molecule has 3 aromatic rings. The first-order chi connectivity index (χ1) is 15.4. The molecule has 164 valence electrons. The molecule has 0 spiro atoms. The quantitative estimate of drug-likeness (QED) is 0.437. The Morgan fingerprint density at radius 1 is 1.03 bits per heavy atom. The number of hydrogen-bond acceptors (Lipinski definition) is 4. The maximum atomic E-state index is 12.6. The van der Waals surface area contributed by atoms with Gasteiger partial charge in [0.2, 0.25) is 0 Å². The largest absolute Gasteiger partial charge is 0.480 e. The Morgan fingerprint density at radius 3 is 2.47 bits per heavy atom. The van der Waals surface area contributed by atoms with Gasteiger partial charge < -0.3 is 15.7 Å². The van der Waals surface area contributed by atoms with Gasteiger partial charge >= 0.3 is 5.97 Å². The van der Waals surface area contributed by atoms with E-state index in [0.29, 0.717) is 4.88 Å². The molecule has 0 unspecified atom stereocenters. The first kappa shape index (κ1) is 23.2. The minimum absolute atomic E-state index is 0.155. The molecule has 0 aliphatic heterocycles. The van der Waals surface area contributed by atoms with Crippen molar-refractivity contribution in [1.82, 2.24) is 10.6 Å². The first-order valence-electron chi connectivity index (χ1n) is 9.79. The van der Waals surface area contributed by atoms with Crippen LogP contribution in [-0.2, 0) is 11.2 Å². The minimum atomic E-state index is -1.30. The second-order valence-electron chi connectivity index (χ2n) is 6.88. The van der Waals surface area contributed by atoms with Crippen LogP contribution in [0, 0.1) is 0 Å². The van der Waals surface area contributed by atoms with Crippen molar-refractivity contribution in [2.24, 2.45) is 0 Å². The van der Waals surface area contributed by atoms with Crippen molar-refractivity contribution in [1.29, 1.82) is 0 Å². The molecule has 0 radical (unpaired) electrons. The lowest BCUT2D eigenvalue weighted by atomic mass is 10.1. The summed E-state index contributed by atoms with van der Waals surface area (Å²) in [6, 6.07) is 17.0. The fourth-order valence-electron chi connectivity index (χ4n) is 2.89. The summed E-state index contributed by atoms with van der Waals surface area (Å²) in [6.45, 7) is -0.254. The van der Waals surface area contributed by atoms with Crippen LogP contribution >= 0.6 is 22.9 Å². The normalized spacial score (nSPS) is 11.8. The smallest absolute Gasteiger partial charge is 0.328 e. The second kappa shape index (κ2) is 11.3. The van der Waals surface area contributed by atoms with Gasteiger partial charge in [-0.25, -0.2) is 4.79 Å². The van der Waals surface area contributed by atoms with Crippen LogP contribution in [-0.4, -0.2) is 35.5 Å². The Morgan fingerprint density at radius 2 is 1.81 bits per heavy atom. The number of nitrogens with one attached hydrogen (secondary N) is 2. The molecule has 1 heterocycles. The summed E-state index contributed by atoms with van der Waals surface area (Å²) in [5, 5.41) is 16.3.